The number of methoxy groups -OCH3 is 1. The molecule has 19 heavy (non-hydrogen) atoms. The van der Waals surface area contributed by atoms with Crippen molar-refractivity contribution < 1.29 is 9.47 Å². The zero-order valence-electron chi connectivity index (χ0n) is 12.6. The van der Waals surface area contributed by atoms with Gasteiger partial charge in [-0.15, -0.1) is 0 Å². The van der Waals surface area contributed by atoms with E-state index in [4.69, 9.17) is 9.47 Å². The Kier molecular flexibility index (Phi) is 6.52. The molecule has 0 aromatic heterocycles. The first-order valence-electron chi connectivity index (χ1n) is 6.58. The van der Waals surface area contributed by atoms with E-state index in [2.05, 4.69) is 31.5 Å². The van der Waals surface area contributed by atoms with Gasteiger partial charge in [0.15, 0.2) is 11.5 Å². The molecule has 0 heterocycles. The SMILES string of the molecule is CCOc1cc(CNCC(C)(C)SC)ccc1OC. The molecule has 108 valence electrons. The summed E-state index contributed by atoms with van der Waals surface area (Å²) in [5, 5.41) is 3.48. The number of rotatable bonds is 8. The summed E-state index contributed by atoms with van der Waals surface area (Å²) in [7, 11) is 1.66. The van der Waals surface area contributed by atoms with Crippen LogP contribution >= 0.6 is 11.8 Å². The van der Waals surface area contributed by atoms with Crippen molar-refractivity contribution in [2.45, 2.75) is 32.1 Å². The van der Waals surface area contributed by atoms with Crippen molar-refractivity contribution in [1.82, 2.24) is 5.32 Å². The fourth-order valence-corrected chi connectivity index (χ4v) is 1.93. The van der Waals surface area contributed by atoms with E-state index in [9.17, 15) is 0 Å². The lowest BCUT2D eigenvalue weighted by atomic mass is 10.1. The molecule has 0 fully saturated rings. The molecule has 1 N–H and O–H groups in total. The van der Waals surface area contributed by atoms with Gasteiger partial charge in [0, 0.05) is 17.8 Å². The van der Waals surface area contributed by atoms with Gasteiger partial charge in [0.1, 0.15) is 0 Å². The third-order valence-corrected chi connectivity index (χ3v) is 4.21. The highest BCUT2D eigenvalue weighted by atomic mass is 32.2. The Hall–Kier alpha value is -0.870. The molecule has 4 heteroatoms. The fourth-order valence-electron chi connectivity index (χ4n) is 1.68. The van der Waals surface area contributed by atoms with Crippen molar-refractivity contribution in [1.29, 1.82) is 0 Å². The summed E-state index contributed by atoms with van der Waals surface area (Å²) in [6.45, 7) is 8.92. The Balaban J connectivity index is 2.61. The Bertz CT molecular complexity index is 394. The van der Waals surface area contributed by atoms with Crippen LogP contribution < -0.4 is 14.8 Å². The van der Waals surface area contributed by atoms with Crippen molar-refractivity contribution >= 4 is 11.8 Å². The predicted molar refractivity (Wildman–Crippen MR) is 83.5 cm³/mol. The van der Waals surface area contributed by atoms with Crippen LogP contribution in [-0.2, 0) is 6.54 Å². The van der Waals surface area contributed by atoms with Gasteiger partial charge in [-0.2, -0.15) is 11.8 Å². The van der Waals surface area contributed by atoms with Gasteiger partial charge in [-0.1, -0.05) is 6.07 Å². The molecule has 0 bridgehead atoms. The molecule has 0 amide bonds. The van der Waals surface area contributed by atoms with Crippen LogP contribution in [0.3, 0.4) is 0 Å². The van der Waals surface area contributed by atoms with E-state index in [1.165, 1.54) is 5.56 Å². The van der Waals surface area contributed by atoms with Gasteiger partial charge in [-0.05, 0) is 44.7 Å². The Morgan fingerprint density at radius 3 is 2.58 bits per heavy atom. The number of hydrogen-bond acceptors (Lipinski definition) is 4. The Labute approximate surface area is 121 Å². The summed E-state index contributed by atoms with van der Waals surface area (Å²) in [6, 6.07) is 6.07. The van der Waals surface area contributed by atoms with Crippen LogP contribution in [0.4, 0.5) is 0 Å². The highest BCUT2D eigenvalue weighted by molar-refractivity contribution is 7.99. The maximum atomic E-state index is 5.58. The summed E-state index contributed by atoms with van der Waals surface area (Å²) in [6.07, 6.45) is 2.14. The van der Waals surface area contributed by atoms with Gasteiger partial charge in [0.25, 0.3) is 0 Å². The summed E-state index contributed by atoms with van der Waals surface area (Å²) >= 11 is 1.87. The highest BCUT2D eigenvalue weighted by Crippen LogP contribution is 2.28. The quantitative estimate of drug-likeness (QED) is 0.793. The molecule has 0 aliphatic carbocycles. The van der Waals surface area contributed by atoms with Gasteiger partial charge in [-0.3, -0.25) is 0 Å². The summed E-state index contributed by atoms with van der Waals surface area (Å²) in [5.74, 6) is 1.60. The van der Waals surface area contributed by atoms with Gasteiger partial charge >= 0.3 is 0 Å². The third-order valence-electron chi connectivity index (χ3n) is 2.96. The topological polar surface area (TPSA) is 30.5 Å². The number of benzene rings is 1. The van der Waals surface area contributed by atoms with Crippen molar-refractivity contribution in [2.75, 3.05) is 26.5 Å². The lowest BCUT2D eigenvalue weighted by Crippen LogP contribution is -2.31. The Morgan fingerprint density at radius 1 is 1.26 bits per heavy atom. The second-order valence-electron chi connectivity index (χ2n) is 4.99. The molecule has 0 unspecified atom stereocenters. The van der Waals surface area contributed by atoms with Gasteiger partial charge in [-0.25, -0.2) is 0 Å². The van der Waals surface area contributed by atoms with Crippen LogP contribution in [0.15, 0.2) is 18.2 Å². The summed E-state index contributed by atoms with van der Waals surface area (Å²) in [4.78, 5) is 0. The second-order valence-corrected chi connectivity index (χ2v) is 6.50. The minimum absolute atomic E-state index is 0.259. The zero-order chi connectivity index (χ0) is 14.3. The molecule has 0 saturated heterocycles. The Morgan fingerprint density at radius 2 is 2.00 bits per heavy atom. The molecule has 0 aliphatic rings. The molecule has 1 aromatic rings. The average molecular weight is 283 g/mol. The van der Waals surface area contributed by atoms with E-state index in [0.29, 0.717) is 6.61 Å². The molecule has 1 rings (SSSR count). The maximum absolute atomic E-state index is 5.58. The molecular weight excluding hydrogens is 258 g/mol. The lowest BCUT2D eigenvalue weighted by Gasteiger charge is -2.22. The van der Waals surface area contributed by atoms with E-state index in [0.717, 1.165) is 24.6 Å². The number of ether oxygens (including phenoxy) is 2. The van der Waals surface area contributed by atoms with E-state index in [-0.39, 0.29) is 4.75 Å². The molecule has 0 spiro atoms. The van der Waals surface area contributed by atoms with Gasteiger partial charge in [0.05, 0.1) is 13.7 Å². The number of thioether (sulfide) groups is 1. The van der Waals surface area contributed by atoms with Gasteiger partial charge in [0.2, 0.25) is 0 Å². The highest BCUT2D eigenvalue weighted by Gasteiger charge is 2.15. The number of nitrogens with one attached hydrogen (secondary N) is 1. The van der Waals surface area contributed by atoms with E-state index >= 15 is 0 Å². The van der Waals surface area contributed by atoms with Crippen LogP contribution in [0.2, 0.25) is 0 Å². The van der Waals surface area contributed by atoms with Crippen LogP contribution in [0, 0.1) is 0 Å². The molecule has 0 atom stereocenters. The normalized spacial score (nSPS) is 11.4. The standard InChI is InChI=1S/C15H25NO2S/c1-6-18-14-9-12(7-8-13(14)17-4)10-16-11-15(2,3)19-5/h7-9,16H,6,10-11H2,1-5H3. The van der Waals surface area contributed by atoms with Crippen molar-refractivity contribution in [3.8, 4) is 11.5 Å². The molecule has 1 aromatic carbocycles. The first-order valence-corrected chi connectivity index (χ1v) is 7.80. The first-order chi connectivity index (χ1) is 9.02. The monoisotopic (exact) mass is 283 g/mol. The molecule has 0 aliphatic heterocycles. The average Bonchev–Trinajstić information content (AvgIpc) is 2.39. The zero-order valence-corrected chi connectivity index (χ0v) is 13.4. The van der Waals surface area contributed by atoms with Crippen molar-refractivity contribution in [2.24, 2.45) is 0 Å². The lowest BCUT2D eigenvalue weighted by molar-refractivity contribution is 0.310. The van der Waals surface area contributed by atoms with Gasteiger partial charge < -0.3 is 14.8 Å². The van der Waals surface area contributed by atoms with E-state index in [1.54, 1.807) is 7.11 Å². The van der Waals surface area contributed by atoms with E-state index in [1.807, 2.05) is 30.8 Å². The van der Waals surface area contributed by atoms with Crippen LogP contribution in [0.5, 0.6) is 11.5 Å². The molecular formula is C15H25NO2S. The first kappa shape index (κ1) is 16.2. The van der Waals surface area contributed by atoms with Crippen molar-refractivity contribution in [3.63, 3.8) is 0 Å². The fraction of sp³-hybridized carbons (Fsp3) is 0.600. The smallest absolute Gasteiger partial charge is 0.161 e. The van der Waals surface area contributed by atoms with E-state index < -0.39 is 0 Å². The minimum Gasteiger partial charge on any atom is -0.493 e. The molecule has 0 radical (unpaired) electrons. The van der Waals surface area contributed by atoms with Crippen LogP contribution in [0.1, 0.15) is 26.3 Å². The minimum atomic E-state index is 0.259. The largest absolute Gasteiger partial charge is 0.493 e. The molecule has 0 saturated carbocycles. The van der Waals surface area contributed by atoms with Crippen molar-refractivity contribution in [3.05, 3.63) is 23.8 Å². The second kappa shape index (κ2) is 7.65. The van der Waals surface area contributed by atoms with Crippen LogP contribution in [0.25, 0.3) is 0 Å². The predicted octanol–water partition coefficient (Wildman–Crippen LogP) is 3.33. The summed E-state index contributed by atoms with van der Waals surface area (Å²) < 4.78 is 11.1. The molecule has 3 nitrogen and oxygen atoms in total. The maximum Gasteiger partial charge on any atom is 0.161 e. The number of hydrogen-bond donors (Lipinski definition) is 1. The third kappa shape index (κ3) is 5.33. The van der Waals surface area contributed by atoms with Crippen LogP contribution in [-0.4, -0.2) is 31.3 Å². The summed E-state index contributed by atoms with van der Waals surface area (Å²) in [5.41, 5.74) is 1.21.